The Hall–Kier alpha value is -2.35. The quantitative estimate of drug-likeness (QED) is 0.598. The van der Waals surface area contributed by atoms with E-state index in [4.69, 9.17) is 4.52 Å². The van der Waals surface area contributed by atoms with Crippen molar-refractivity contribution < 1.29 is 14.1 Å². The summed E-state index contributed by atoms with van der Waals surface area (Å²) in [6.45, 7) is 4.29. The van der Waals surface area contributed by atoms with Crippen LogP contribution in [-0.2, 0) is 10.5 Å². The Bertz CT molecular complexity index is 1060. The van der Waals surface area contributed by atoms with E-state index in [0.29, 0.717) is 48.4 Å². The van der Waals surface area contributed by atoms with E-state index >= 15 is 0 Å². The summed E-state index contributed by atoms with van der Waals surface area (Å²) < 4.78 is 5.14. The lowest BCUT2D eigenvalue weighted by Crippen LogP contribution is -2.58. The van der Waals surface area contributed by atoms with E-state index < -0.39 is 0 Å². The number of pyridine rings is 1. The molecule has 0 atom stereocenters. The summed E-state index contributed by atoms with van der Waals surface area (Å²) in [4.78, 5) is 35.4. The maximum absolute atomic E-state index is 13.7. The summed E-state index contributed by atoms with van der Waals surface area (Å²) in [5, 5.41) is 4.74. The Morgan fingerprint density at radius 3 is 2.32 bits per heavy atom. The first-order valence-electron chi connectivity index (χ1n) is 12.6. The van der Waals surface area contributed by atoms with Crippen molar-refractivity contribution in [1.29, 1.82) is 0 Å². The summed E-state index contributed by atoms with van der Waals surface area (Å²) in [5.41, 5.74) is 1.35. The SMILES string of the molecule is Cc1cc(CSc2ncccc2C(=O)N2CCN(C(=O)C34CC5CC(CC(C5)C3)C4)CC2)no1. The molecule has 1 saturated heterocycles. The van der Waals surface area contributed by atoms with Crippen LogP contribution in [0.1, 0.15) is 60.3 Å². The monoisotopic (exact) mass is 480 g/mol. The molecule has 2 aromatic rings. The molecule has 4 saturated carbocycles. The summed E-state index contributed by atoms with van der Waals surface area (Å²) in [6.07, 6.45) is 9.04. The fraction of sp³-hybridized carbons (Fsp3) is 0.615. The number of piperazine rings is 1. The maximum atomic E-state index is 13.7. The third-order valence-electron chi connectivity index (χ3n) is 8.38. The first kappa shape index (κ1) is 22.1. The van der Waals surface area contributed by atoms with Gasteiger partial charge >= 0.3 is 0 Å². The van der Waals surface area contributed by atoms with E-state index in [9.17, 15) is 9.59 Å². The lowest BCUT2D eigenvalue weighted by molar-refractivity contribution is -0.159. The summed E-state index contributed by atoms with van der Waals surface area (Å²) in [7, 11) is 0. The lowest BCUT2D eigenvalue weighted by Gasteiger charge is -2.57. The minimum absolute atomic E-state index is 0.00571. The highest BCUT2D eigenvalue weighted by molar-refractivity contribution is 7.98. The molecular formula is C26H32N4O3S. The number of carbonyl (C=O) groups is 2. The van der Waals surface area contributed by atoms with Gasteiger partial charge in [0.05, 0.1) is 16.7 Å². The van der Waals surface area contributed by atoms with Gasteiger partial charge in [0.25, 0.3) is 5.91 Å². The van der Waals surface area contributed by atoms with E-state index in [1.54, 1.807) is 6.20 Å². The first-order chi connectivity index (χ1) is 16.5. The zero-order valence-electron chi connectivity index (χ0n) is 19.7. The molecule has 4 aliphatic carbocycles. The minimum atomic E-state index is -0.104. The van der Waals surface area contributed by atoms with E-state index in [0.717, 1.165) is 48.5 Å². The molecule has 1 aliphatic heterocycles. The van der Waals surface area contributed by atoms with Crippen molar-refractivity contribution >= 4 is 23.6 Å². The summed E-state index contributed by atoms with van der Waals surface area (Å²) in [5.74, 6) is 4.03. The number of carbonyl (C=O) groups excluding carboxylic acids is 2. The van der Waals surface area contributed by atoms with Crippen LogP contribution in [0.2, 0.25) is 0 Å². The van der Waals surface area contributed by atoms with Gasteiger partial charge in [-0.2, -0.15) is 0 Å². The van der Waals surface area contributed by atoms with Gasteiger partial charge < -0.3 is 14.3 Å². The number of aromatic nitrogens is 2. The number of amides is 2. The van der Waals surface area contributed by atoms with Crippen LogP contribution in [0.25, 0.3) is 0 Å². The van der Waals surface area contributed by atoms with Crippen molar-refractivity contribution in [2.75, 3.05) is 26.2 Å². The molecule has 0 aromatic carbocycles. The van der Waals surface area contributed by atoms with Crippen LogP contribution in [0.3, 0.4) is 0 Å². The van der Waals surface area contributed by atoms with Gasteiger partial charge in [-0.3, -0.25) is 9.59 Å². The highest BCUT2D eigenvalue weighted by Crippen LogP contribution is 2.60. The second-order valence-electron chi connectivity index (χ2n) is 10.9. The Kier molecular flexibility index (Phi) is 5.66. The van der Waals surface area contributed by atoms with Crippen LogP contribution in [-0.4, -0.2) is 57.9 Å². The molecule has 4 bridgehead atoms. The molecular weight excluding hydrogens is 448 g/mol. The number of hydrogen-bond acceptors (Lipinski definition) is 6. The number of hydrogen-bond donors (Lipinski definition) is 0. The fourth-order valence-corrected chi connectivity index (χ4v) is 8.15. The molecule has 180 valence electrons. The van der Waals surface area contributed by atoms with Gasteiger partial charge in [-0.15, -0.1) is 0 Å². The summed E-state index contributed by atoms with van der Waals surface area (Å²) >= 11 is 1.50. The van der Waals surface area contributed by atoms with E-state index in [1.807, 2.05) is 30.0 Å². The topological polar surface area (TPSA) is 79.5 Å². The van der Waals surface area contributed by atoms with Gasteiger partial charge in [0.15, 0.2) is 0 Å². The average molecular weight is 481 g/mol. The molecule has 5 aliphatic rings. The third kappa shape index (κ3) is 4.04. The number of nitrogens with zero attached hydrogens (tertiary/aromatic N) is 4. The molecule has 7 rings (SSSR count). The van der Waals surface area contributed by atoms with Crippen LogP contribution < -0.4 is 0 Å². The molecule has 7 nitrogen and oxygen atoms in total. The van der Waals surface area contributed by atoms with Gasteiger partial charge in [-0.25, -0.2) is 4.98 Å². The molecule has 2 aromatic heterocycles. The highest BCUT2D eigenvalue weighted by atomic mass is 32.2. The van der Waals surface area contributed by atoms with E-state index in [-0.39, 0.29) is 11.3 Å². The first-order valence-corrected chi connectivity index (χ1v) is 13.6. The molecule has 2 amide bonds. The van der Waals surface area contributed by atoms with Crippen molar-refractivity contribution in [2.45, 2.75) is 56.2 Å². The second-order valence-corrected chi connectivity index (χ2v) is 11.8. The van der Waals surface area contributed by atoms with Gasteiger partial charge in [0.2, 0.25) is 5.91 Å². The van der Waals surface area contributed by atoms with Crippen molar-refractivity contribution in [3.05, 3.63) is 41.4 Å². The van der Waals surface area contributed by atoms with Crippen LogP contribution in [0, 0.1) is 30.1 Å². The molecule has 8 heteroatoms. The molecule has 0 unspecified atom stereocenters. The van der Waals surface area contributed by atoms with Gasteiger partial charge in [-0.05, 0) is 75.3 Å². The van der Waals surface area contributed by atoms with Crippen molar-refractivity contribution in [3.8, 4) is 0 Å². The van der Waals surface area contributed by atoms with Crippen LogP contribution in [0.5, 0.6) is 0 Å². The van der Waals surface area contributed by atoms with Crippen LogP contribution in [0.15, 0.2) is 33.9 Å². The lowest BCUT2D eigenvalue weighted by atomic mass is 9.49. The number of aryl methyl sites for hydroxylation is 1. The zero-order chi connectivity index (χ0) is 23.3. The molecule has 3 heterocycles. The van der Waals surface area contributed by atoms with Crippen molar-refractivity contribution in [2.24, 2.45) is 23.2 Å². The van der Waals surface area contributed by atoms with Gasteiger partial charge in [0.1, 0.15) is 10.8 Å². The van der Waals surface area contributed by atoms with Crippen molar-refractivity contribution in [1.82, 2.24) is 19.9 Å². The molecule has 0 N–H and O–H groups in total. The molecule has 0 spiro atoms. The normalized spacial score (nSPS) is 30.1. The highest BCUT2D eigenvalue weighted by Gasteiger charge is 2.55. The van der Waals surface area contributed by atoms with Crippen LogP contribution >= 0.6 is 11.8 Å². The zero-order valence-corrected chi connectivity index (χ0v) is 20.6. The van der Waals surface area contributed by atoms with Gasteiger partial charge in [0, 0.05) is 44.2 Å². The largest absolute Gasteiger partial charge is 0.361 e. The predicted molar refractivity (Wildman–Crippen MR) is 128 cm³/mol. The standard InChI is InChI=1S/C26H32N4O3S/c1-17-9-21(28-33-17)16-34-23-22(3-2-4-27-23)24(31)29-5-7-30(8-6-29)25(32)26-13-18-10-19(14-26)12-20(11-18)15-26/h2-4,9,18-20H,5-8,10-16H2,1H3. The Balaban J connectivity index is 1.09. The molecule has 5 fully saturated rings. The third-order valence-corrected chi connectivity index (χ3v) is 9.42. The Morgan fingerprint density at radius 2 is 1.71 bits per heavy atom. The number of thioether (sulfide) groups is 1. The smallest absolute Gasteiger partial charge is 0.256 e. The van der Waals surface area contributed by atoms with Crippen molar-refractivity contribution in [3.63, 3.8) is 0 Å². The van der Waals surface area contributed by atoms with E-state index in [1.165, 1.54) is 31.0 Å². The Morgan fingerprint density at radius 1 is 1.06 bits per heavy atom. The Labute approximate surface area is 204 Å². The minimum Gasteiger partial charge on any atom is -0.361 e. The average Bonchev–Trinajstić information content (AvgIpc) is 3.26. The predicted octanol–water partition coefficient (Wildman–Crippen LogP) is 4.17. The number of rotatable bonds is 5. The molecule has 0 radical (unpaired) electrons. The second kappa shape index (κ2) is 8.70. The fourth-order valence-electron chi connectivity index (χ4n) is 7.29. The molecule has 34 heavy (non-hydrogen) atoms. The summed E-state index contributed by atoms with van der Waals surface area (Å²) in [6, 6.07) is 5.56. The van der Waals surface area contributed by atoms with E-state index in [2.05, 4.69) is 15.0 Å². The van der Waals surface area contributed by atoms with Crippen LogP contribution in [0.4, 0.5) is 0 Å². The maximum Gasteiger partial charge on any atom is 0.256 e. The van der Waals surface area contributed by atoms with Gasteiger partial charge in [-0.1, -0.05) is 16.9 Å².